The van der Waals surface area contributed by atoms with Crippen LogP contribution in [-0.4, -0.2) is 11.2 Å². The van der Waals surface area contributed by atoms with Gasteiger partial charge in [-0.25, -0.2) is 0 Å². The van der Waals surface area contributed by atoms with Crippen molar-refractivity contribution in [2.75, 3.05) is 0 Å². The Bertz CT molecular complexity index is 181. The quantitative estimate of drug-likeness (QED) is 0.597. The van der Waals surface area contributed by atoms with Gasteiger partial charge in [0.05, 0.1) is 6.10 Å². The largest absolute Gasteiger partial charge is 0.393 e. The van der Waals surface area contributed by atoms with Gasteiger partial charge < -0.3 is 5.11 Å². The highest BCUT2D eigenvalue weighted by molar-refractivity contribution is 5.01. The molecule has 12 heavy (non-hydrogen) atoms. The van der Waals surface area contributed by atoms with Crippen molar-refractivity contribution in [1.82, 2.24) is 0 Å². The summed E-state index contributed by atoms with van der Waals surface area (Å²) in [4.78, 5) is 0. The molecule has 0 aliphatic heterocycles. The molecule has 0 amide bonds. The van der Waals surface area contributed by atoms with Gasteiger partial charge in [-0.05, 0) is 37.5 Å². The van der Waals surface area contributed by atoms with Gasteiger partial charge in [-0.2, -0.15) is 0 Å². The van der Waals surface area contributed by atoms with Gasteiger partial charge in [-0.3, -0.25) is 0 Å². The number of allylic oxidation sites excluding steroid dienone is 1. The van der Waals surface area contributed by atoms with Crippen LogP contribution in [0.15, 0.2) is 12.2 Å². The Morgan fingerprint density at radius 1 is 1.50 bits per heavy atom. The Morgan fingerprint density at radius 2 is 2.08 bits per heavy atom. The summed E-state index contributed by atoms with van der Waals surface area (Å²) in [6.45, 7) is 10.3. The average Bonchev–Trinajstić information content (AvgIpc) is 1.94. The third-order valence-corrected chi connectivity index (χ3v) is 3.24. The molecule has 1 rings (SSSR count). The smallest absolute Gasteiger partial charge is 0.0596 e. The summed E-state index contributed by atoms with van der Waals surface area (Å²) in [6, 6.07) is 0. The first-order valence-electron chi connectivity index (χ1n) is 4.77. The molecule has 0 spiro atoms. The van der Waals surface area contributed by atoms with E-state index >= 15 is 0 Å². The van der Waals surface area contributed by atoms with Crippen LogP contribution in [0.4, 0.5) is 0 Å². The van der Waals surface area contributed by atoms with Crippen LogP contribution in [0.5, 0.6) is 0 Å². The summed E-state index contributed by atoms with van der Waals surface area (Å²) in [7, 11) is 0. The van der Waals surface area contributed by atoms with Crippen molar-refractivity contribution < 1.29 is 5.11 Å². The molecule has 1 N–H and O–H groups in total. The first kappa shape index (κ1) is 9.79. The SMILES string of the molecule is C=C(C)[C@H]1CCC(C)(C)[C@H](O)C1. The van der Waals surface area contributed by atoms with Crippen LogP contribution in [0.25, 0.3) is 0 Å². The summed E-state index contributed by atoms with van der Waals surface area (Å²) in [5.74, 6) is 0.549. The zero-order valence-electron chi connectivity index (χ0n) is 8.43. The molecule has 0 unspecified atom stereocenters. The molecule has 1 aliphatic rings. The van der Waals surface area contributed by atoms with Crippen LogP contribution in [0, 0.1) is 11.3 Å². The van der Waals surface area contributed by atoms with E-state index in [-0.39, 0.29) is 11.5 Å². The van der Waals surface area contributed by atoms with E-state index in [2.05, 4.69) is 27.4 Å². The molecule has 0 heterocycles. The van der Waals surface area contributed by atoms with Gasteiger partial charge in [-0.1, -0.05) is 26.0 Å². The van der Waals surface area contributed by atoms with Crippen LogP contribution in [0.3, 0.4) is 0 Å². The molecule has 0 aromatic heterocycles. The standard InChI is InChI=1S/C11H20O/c1-8(2)9-5-6-11(3,4)10(12)7-9/h9-10,12H,1,5-7H2,2-4H3/t9-,10+/m0/s1. The molecule has 1 aliphatic carbocycles. The van der Waals surface area contributed by atoms with Gasteiger partial charge in [0.1, 0.15) is 0 Å². The first-order chi connectivity index (χ1) is 5.43. The van der Waals surface area contributed by atoms with Gasteiger partial charge in [0.15, 0.2) is 0 Å². The Hall–Kier alpha value is -0.300. The van der Waals surface area contributed by atoms with E-state index in [4.69, 9.17) is 0 Å². The lowest BCUT2D eigenvalue weighted by Gasteiger charge is -2.39. The number of hydrogen-bond acceptors (Lipinski definition) is 1. The van der Waals surface area contributed by atoms with Crippen molar-refractivity contribution in [2.45, 2.75) is 46.1 Å². The molecule has 1 nitrogen and oxygen atoms in total. The molecular formula is C11H20O. The zero-order valence-corrected chi connectivity index (χ0v) is 8.43. The van der Waals surface area contributed by atoms with Crippen LogP contribution in [0.2, 0.25) is 0 Å². The van der Waals surface area contributed by atoms with Gasteiger partial charge >= 0.3 is 0 Å². The second-order valence-electron chi connectivity index (χ2n) is 4.82. The van der Waals surface area contributed by atoms with Crippen LogP contribution in [-0.2, 0) is 0 Å². The first-order valence-corrected chi connectivity index (χ1v) is 4.77. The molecule has 1 saturated carbocycles. The fourth-order valence-electron chi connectivity index (χ4n) is 1.87. The molecule has 1 fully saturated rings. The Labute approximate surface area is 75.5 Å². The van der Waals surface area contributed by atoms with Gasteiger partial charge in [0.2, 0.25) is 0 Å². The highest BCUT2D eigenvalue weighted by atomic mass is 16.3. The maximum atomic E-state index is 9.82. The third-order valence-electron chi connectivity index (χ3n) is 3.24. The fraction of sp³-hybridized carbons (Fsp3) is 0.818. The highest BCUT2D eigenvalue weighted by Crippen LogP contribution is 2.40. The van der Waals surface area contributed by atoms with E-state index in [1.54, 1.807) is 0 Å². The van der Waals surface area contributed by atoms with E-state index in [1.807, 2.05) is 0 Å². The predicted molar refractivity (Wildman–Crippen MR) is 51.9 cm³/mol. The lowest BCUT2D eigenvalue weighted by Crippen LogP contribution is -2.36. The van der Waals surface area contributed by atoms with E-state index < -0.39 is 0 Å². The van der Waals surface area contributed by atoms with E-state index in [0.29, 0.717) is 5.92 Å². The summed E-state index contributed by atoms with van der Waals surface area (Å²) in [5, 5.41) is 9.82. The number of aliphatic hydroxyl groups is 1. The average molecular weight is 168 g/mol. The van der Waals surface area contributed by atoms with Gasteiger partial charge in [0, 0.05) is 0 Å². The fourth-order valence-corrected chi connectivity index (χ4v) is 1.87. The summed E-state index contributed by atoms with van der Waals surface area (Å²) in [5.41, 5.74) is 1.34. The monoisotopic (exact) mass is 168 g/mol. The Morgan fingerprint density at radius 3 is 2.50 bits per heavy atom. The molecule has 0 aromatic rings. The molecule has 1 heteroatoms. The molecular weight excluding hydrogens is 148 g/mol. The van der Waals surface area contributed by atoms with Crippen molar-refractivity contribution >= 4 is 0 Å². The van der Waals surface area contributed by atoms with Gasteiger partial charge in [-0.15, -0.1) is 0 Å². The minimum atomic E-state index is -0.145. The van der Waals surface area contributed by atoms with E-state index in [1.165, 1.54) is 12.0 Å². The second kappa shape index (κ2) is 3.21. The Kier molecular flexibility index (Phi) is 2.62. The molecule has 0 radical (unpaired) electrons. The maximum absolute atomic E-state index is 9.82. The van der Waals surface area contributed by atoms with Crippen molar-refractivity contribution in [2.24, 2.45) is 11.3 Å². The molecule has 0 bridgehead atoms. The zero-order chi connectivity index (χ0) is 9.35. The van der Waals surface area contributed by atoms with E-state index in [9.17, 15) is 5.11 Å². The summed E-state index contributed by atoms with van der Waals surface area (Å²) >= 11 is 0. The van der Waals surface area contributed by atoms with Crippen molar-refractivity contribution in [3.63, 3.8) is 0 Å². The van der Waals surface area contributed by atoms with Crippen molar-refractivity contribution in [3.8, 4) is 0 Å². The van der Waals surface area contributed by atoms with Gasteiger partial charge in [0.25, 0.3) is 0 Å². The summed E-state index contributed by atoms with van der Waals surface area (Å²) < 4.78 is 0. The third kappa shape index (κ3) is 1.89. The molecule has 0 saturated heterocycles. The number of hydrogen-bond donors (Lipinski definition) is 1. The topological polar surface area (TPSA) is 20.2 Å². The van der Waals surface area contributed by atoms with Crippen LogP contribution in [0.1, 0.15) is 40.0 Å². The van der Waals surface area contributed by atoms with Crippen LogP contribution < -0.4 is 0 Å². The van der Waals surface area contributed by atoms with E-state index in [0.717, 1.165) is 12.8 Å². The second-order valence-corrected chi connectivity index (χ2v) is 4.82. The molecule has 70 valence electrons. The van der Waals surface area contributed by atoms with Crippen LogP contribution >= 0.6 is 0 Å². The normalized spacial score (nSPS) is 34.7. The Balaban J connectivity index is 2.58. The number of rotatable bonds is 1. The van der Waals surface area contributed by atoms with Crippen molar-refractivity contribution in [3.05, 3.63) is 12.2 Å². The summed E-state index contributed by atoms with van der Waals surface area (Å²) in [6.07, 6.45) is 3.07. The predicted octanol–water partition coefficient (Wildman–Crippen LogP) is 2.75. The maximum Gasteiger partial charge on any atom is 0.0596 e. The molecule has 2 atom stereocenters. The van der Waals surface area contributed by atoms with Crippen molar-refractivity contribution in [1.29, 1.82) is 0 Å². The number of aliphatic hydroxyl groups excluding tert-OH is 1. The molecule has 0 aromatic carbocycles. The highest BCUT2D eigenvalue weighted by Gasteiger charge is 2.35. The minimum Gasteiger partial charge on any atom is -0.393 e. The lowest BCUT2D eigenvalue weighted by molar-refractivity contribution is -0.00156. The minimum absolute atomic E-state index is 0.117. The lowest BCUT2D eigenvalue weighted by atomic mass is 9.69.